The van der Waals surface area contributed by atoms with Crippen molar-refractivity contribution in [2.75, 3.05) is 0 Å². The largest absolute Gasteiger partial charge is 0.382 e. The monoisotopic (exact) mass is 207 g/mol. The summed E-state index contributed by atoms with van der Waals surface area (Å²) in [6.45, 7) is 14.1. The highest BCUT2D eigenvalue weighted by atomic mass is 14.9. The molecule has 0 saturated heterocycles. The molecule has 1 atom stereocenters. The molecule has 1 rings (SSSR count). The third-order valence-electron chi connectivity index (χ3n) is 2.55. The molecule has 0 aromatic carbocycles. The van der Waals surface area contributed by atoms with Crippen molar-refractivity contribution in [3.8, 4) is 0 Å². The molecule has 15 heavy (non-hydrogen) atoms. The lowest BCUT2D eigenvalue weighted by molar-refractivity contribution is 0.542. The van der Waals surface area contributed by atoms with Crippen LogP contribution in [0.2, 0.25) is 0 Å². The minimum absolute atomic E-state index is 0.576. The summed E-state index contributed by atoms with van der Waals surface area (Å²) in [7, 11) is 0. The number of nitrogens with one attached hydrogen (secondary N) is 1. The zero-order valence-electron chi connectivity index (χ0n) is 10.5. The van der Waals surface area contributed by atoms with Crippen LogP contribution in [0.5, 0.6) is 0 Å². The number of allylic oxidation sites excluding steroid dienone is 3. The lowest BCUT2D eigenvalue weighted by atomic mass is 9.99. The van der Waals surface area contributed by atoms with Crippen LogP contribution < -0.4 is 5.32 Å². The first-order chi connectivity index (χ1) is 7.19. The molecule has 1 heterocycles. The van der Waals surface area contributed by atoms with Gasteiger partial charge in [-0.3, -0.25) is 0 Å². The van der Waals surface area contributed by atoms with Crippen molar-refractivity contribution in [2.45, 2.75) is 52.5 Å². The molecule has 0 fully saturated rings. The smallest absolute Gasteiger partial charge is 0.0368 e. The van der Waals surface area contributed by atoms with Gasteiger partial charge in [0.15, 0.2) is 0 Å². The lowest BCUT2D eigenvalue weighted by Crippen LogP contribution is -2.29. The van der Waals surface area contributed by atoms with Gasteiger partial charge in [-0.15, -0.1) is 0 Å². The minimum Gasteiger partial charge on any atom is -0.382 e. The summed E-state index contributed by atoms with van der Waals surface area (Å²) in [5, 5.41) is 3.36. The second-order valence-electron chi connectivity index (χ2n) is 3.93. The predicted molar refractivity (Wildman–Crippen MR) is 69.8 cm³/mol. The third kappa shape index (κ3) is 5.46. The van der Waals surface area contributed by atoms with Crippen LogP contribution in [0.15, 0.2) is 36.6 Å². The molecule has 1 aliphatic heterocycles. The quantitative estimate of drug-likeness (QED) is 0.731. The molecule has 1 heteroatoms. The van der Waals surface area contributed by atoms with E-state index in [1.165, 1.54) is 24.8 Å². The molecule has 1 aliphatic rings. The summed E-state index contributed by atoms with van der Waals surface area (Å²) >= 11 is 0. The summed E-state index contributed by atoms with van der Waals surface area (Å²) in [6, 6.07) is 0.576. The van der Waals surface area contributed by atoms with Crippen molar-refractivity contribution >= 4 is 0 Å². The molecule has 0 saturated carbocycles. The Balaban J connectivity index is 0.000000423. The van der Waals surface area contributed by atoms with Crippen molar-refractivity contribution in [3.05, 3.63) is 36.6 Å². The van der Waals surface area contributed by atoms with E-state index < -0.39 is 0 Å². The second kappa shape index (κ2) is 8.34. The Hall–Kier alpha value is -0.980. The second-order valence-corrected chi connectivity index (χ2v) is 3.93. The lowest BCUT2D eigenvalue weighted by Gasteiger charge is -2.23. The molecule has 0 amide bonds. The first-order valence-corrected chi connectivity index (χ1v) is 5.94. The molecule has 0 aromatic heterocycles. The number of rotatable bonds is 3. The molecule has 1 nitrogen and oxygen atoms in total. The summed E-state index contributed by atoms with van der Waals surface area (Å²) in [4.78, 5) is 0. The predicted octanol–water partition coefficient (Wildman–Crippen LogP) is 4.19. The zero-order valence-corrected chi connectivity index (χ0v) is 10.5. The molecule has 0 bridgehead atoms. The van der Waals surface area contributed by atoms with Crippen molar-refractivity contribution in [2.24, 2.45) is 0 Å². The van der Waals surface area contributed by atoms with Crippen molar-refractivity contribution in [1.82, 2.24) is 5.32 Å². The molecule has 0 radical (unpaired) electrons. The minimum atomic E-state index is 0.576. The zero-order chi connectivity index (χ0) is 11.7. The van der Waals surface area contributed by atoms with Gasteiger partial charge in [-0.1, -0.05) is 45.9 Å². The maximum atomic E-state index is 3.76. The number of hydrogen-bond donors (Lipinski definition) is 1. The first kappa shape index (κ1) is 14.0. The highest BCUT2D eigenvalue weighted by Gasteiger charge is 2.11. The van der Waals surface area contributed by atoms with Gasteiger partial charge >= 0.3 is 0 Å². The summed E-state index contributed by atoms with van der Waals surface area (Å²) in [6.07, 6.45) is 8.74. The van der Waals surface area contributed by atoms with Crippen LogP contribution in [0.4, 0.5) is 0 Å². The van der Waals surface area contributed by atoms with Gasteiger partial charge in [0.1, 0.15) is 0 Å². The summed E-state index contributed by atoms with van der Waals surface area (Å²) < 4.78 is 0. The SMILES string of the molecule is C=CC1=C(C=C)NC(C)CC1.CCCC. The van der Waals surface area contributed by atoms with Crippen LogP contribution in [0.1, 0.15) is 46.5 Å². The van der Waals surface area contributed by atoms with Gasteiger partial charge < -0.3 is 5.32 Å². The van der Waals surface area contributed by atoms with E-state index in [1.54, 1.807) is 0 Å². The molecule has 86 valence electrons. The van der Waals surface area contributed by atoms with Gasteiger partial charge in [0.25, 0.3) is 0 Å². The van der Waals surface area contributed by atoms with Crippen molar-refractivity contribution in [3.63, 3.8) is 0 Å². The third-order valence-corrected chi connectivity index (χ3v) is 2.55. The average molecular weight is 207 g/mol. The standard InChI is InChI=1S/C10H15N.C4H10/c1-4-9-7-6-8(3)11-10(9)5-2;1-3-4-2/h4-5,8,11H,1-2,6-7H2,3H3;3-4H2,1-2H3. The van der Waals surface area contributed by atoms with Crippen LogP contribution in [0, 0.1) is 0 Å². The van der Waals surface area contributed by atoms with Crippen LogP contribution in [0.3, 0.4) is 0 Å². The molecule has 1 unspecified atom stereocenters. The van der Waals surface area contributed by atoms with E-state index in [1.807, 2.05) is 12.2 Å². The van der Waals surface area contributed by atoms with Crippen LogP contribution in [-0.2, 0) is 0 Å². The topological polar surface area (TPSA) is 12.0 Å². The van der Waals surface area contributed by atoms with Gasteiger partial charge in [0, 0.05) is 11.7 Å². The van der Waals surface area contributed by atoms with E-state index in [0.717, 1.165) is 12.1 Å². The molecule has 1 N–H and O–H groups in total. The van der Waals surface area contributed by atoms with E-state index in [2.05, 4.69) is 39.2 Å². The van der Waals surface area contributed by atoms with E-state index in [4.69, 9.17) is 0 Å². The van der Waals surface area contributed by atoms with Crippen LogP contribution >= 0.6 is 0 Å². The fourth-order valence-electron chi connectivity index (χ4n) is 1.34. The fraction of sp³-hybridized carbons (Fsp3) is 0.571. The maximum absolute atomic E-state index is 3.76. The Labute approximate surface area is 95.0 Å². The highest BCUT2D eigenvalue weighted by Crippen LogP contribution is 2.19. The van der Waals surface area contributed by atoms with Crippen LogP contribution in [0.25, 0.3) is 0 Å². The molecular weight excluding hydrogens is 182 g/mol. The van der Waals surface area contributed by atoms with E-state index >= 15 is 0 Å². The van der Waals surface area contributed by atoms with Crippen molar-refractivity contribution < 1.29 is 0 Å². The highest BCUT2D eigenvalue weighted by molar-refractivity contribution is 5.32. The fourth-order valence-corrected chi connectivity index (χ4v) is 1.34. The van der Waals surface area contributed by atoms with Gasteiger partial charge in [-0.2, -0.15) is 0 Å². The summed E-state index contributed by atoms with van der Waals surface area (Å²) in [5.41, 5.74) is 2.44. The Morgan fingerprint density at radius 1 is 1.27 bits per heavy atom. The Morgan fingerprint density at radius 3 is 2.27 bits per heavy atom. The van der Waals surface area contributed by atoms with Gasteiger partial charge in [-0.05, 0) is 31.4 Å². The van der Waals surface area contributed by atoms with E-state index in [0.29, 0.717) is 6.04 Å². The van der Waals surface area contributed by atoms with Crippen molar-refractivity contribution in [1.29, 1.82) is 0 Å². The molecule has 0 aliphatic carbocycles. The first-order valence-electron chi connectivity index (χ1n) is 5.94. The Kier molecular flexibility index (Phi) is 7.79. The maximum Gasteiger partial charge on any atom is 0.0368 e. The molecule has 0 spiro atoms. The van der Waals surface area contributed by atoms with Gasteiger partial charge in [0.05, 0.1) is 0 Å². The number of unbranched alkanes of at least 4 members (excludes halogenated alkanes) is 1. The van der Waals surface area contributed by atoms with E-state index in [9.17, 15) is 0 Å². The number of hydrogen-bond acceptors (Lipinski definition) is 1. The Morgan fingerprint density at radius 2 is 1.87 bits per heavy atom. The molecular formula is C14H25N. The van der Waals surface area contributed by atoms with Crippen LogP contribution in [-0.4, -0.2) is 6.04 Å². The van der Waals surface area contributed by atoms with Gasteiger partial charge in [-0.25, -0.2) is 0 Å². The average Bonchev–Trinajstić information content (AvgIpc) is 2.29. The molecule has 0 aromatic rings. The van der Waals surface area contributed by atoms with Gasteiger partial charge in [0.2, 0.25) is 0 Å². The normalized spacial score (nSPS) is 19.8. The Bertz CT molecular complexity index is 223. The summed E-state index contributed by atoms with van der Waals surface area (Å²) in [5.74, 6) is 0. The van der Waals surface area contributed by atoms with E-state index in [-0.39, 0.29) is 0 Å².